The lowest BCUT2D eigenvalue weighted by atomic mass is 9.92. The van der Waals surface area contributed by atoms with Gasteiger partial charge in [0, 0.05) is 19.2 Å². The quantitative estimate of drug-likeness (QED) is 0.831. The zero-order valence-electron chi connectivity index (χ0n) is 13.5. The van der Waals surface area contributed by atoms with Gasteiger partial charge in [-0.1, -0.05) is 6.07 Å². The normalized spacial score (nSPS) is 24.8. The highest BCUT2D eigenvalue weighted by Crippen LogP contribution is 2.35. The van der Waals surface area contributed by atoms with Gasteiger partial charge >= 0.3 is 0 Å². The number of benzene rings is 1. The molecule has 0 radical (unpaired) electrons. The molecule has 4 nitrogen and oxygen atoms in total. The van der Waals surface area contributed by atoms with Crippen LogP contribution in [-0.2, 0) is 27.6 Å². The van der Waals surface area contributed by atoms with E-state index < -0.39 is 10.0 Å². The lowest BCUT2D eigenvalue weighted by molar-refractivity contribution is 0.180. The lowest BCUT2D eigenvalue weighted by Crippen LogP contribution is -2.37. The minimum absolute atomic E-state index is 0.205. The highest BCUT2D eigenvalue weighted by atomic mass is 32.2. The van der Waals surface area contributed by atoms with E-state index in [-0.39, 0.29) is 6.04 Å². The van der Waals surface area contributed by atoms with Crippen LogP contribution in [0.5, 0.6) is 0 Å². The van der Waals surface area contributed by atoms with Crippen molar-refractivity contribution in [1.82, 2.24) is 4.31 Å². The van der Waals surface area contributed by atoms with Gasteiger partial charge in [-0.2, -0.15) is 4.31 Å². The van der Waals surface area contributed by atoms with Crippen LogP contribution in [0.3, 0.4) is 0 Å². The molecule has 1 heterocycles. The van der Waals surface area contributed by atoms with E-state index in [1.165, 1.54) is 24.0 Å². The Labute approximate surface area is 138 Å². The van der Waals surface area contributed by atoms with Gasteiger partial charge in [-0.3, -0.25) is 0 Å². The third-order valence-electron chi connectivity index (χ3n) is 5.34. The number of ether oxygens (including phenoxy) is 1. The Morgan fingerprint density at radius 1 is 1.09 bits per heavy atom. The first-order valence-electron chi connectivity index (χ1n) is 8.86. The van der Waals surface area contributed by atoms with Crippen LogP contribution in [0.15, 0.2) is 23.1 Å². The smallest absolute Gasteiger partial charge is 0.243 e. The first kappa shape index (κ1) is 15.6. The Kier molecular flexibility index (Phi) is 4.20. The summed E-state index contributed by atoms with van der Waals surface area (Å²) in [4.78, 5) is 0.490. The number of nitrogens with zero attached hydrogens (tertiary/aromatic N) is 1. The van der Waals surface area contributed by atoms with Gasteiger partial charge in [-0.05, 0) is 74.1 Å². The summed E-state index contributed by atoms with van der Waals surface area (Å²) in [7, 11) is -3.38. The molecule has 1 aliphatic heterocycles. The van der Waals surface area contributed by atoms with Gasteiger partial charge in [0.25, 0.3) is 0 Å². The SMILES string of the molecule is O=S(=O)(c1ccc2c(c1)CCCC2)N(C[C@H]1CCOC1)C1CC1. The Bertz CT molecular complexity index is 676. The molecule has 4 rings (SSSR count). The molecule has 0 aromatic heterocycles. The molecule has 1 saturated heterocycles. The van der Waals surface area contributed by atoms with Crippen LogP contribution >= 0.6 is 0 Å². The topological polar surface area (TPSA) is 46.6 Å². The molecule has 0 unspecified atom stereocenters. The maximum absolute atomic E-state index is 13.2. The molecular formula is C18H25NO3S. The van der Waals surface area contributed by atoms with Crippen molar-refractivity contribution in [2.45, 2.75) is 55.9 Å². The molecule has 1 atom stereocenters. The summed E-state index contributed by atoms with van der Waals surface area (Å²) in [6, 6.07) is 5.99. The van der Waals surface area contributed by atoms with E-state index in [9.17, 15) is 8.42 Å². The molecule has 1 aromatic rings. The van der Waals surface area contributed by atoms with Crippen LogP contribution < -0.4 is 0 Å². The summed E-state index contributed by atoms with van der Waals surface area (Å²) in [6.07, 6.45) is 7.45. The number of rotatable bonds is 5. The lowest BCUT2D eigenvalue weighted by Gasteiger charge is -2.25. The van der Waals surface area contributed by atoms with Crippen molar-refractivity contribution in [2.75, 3.05) is 19.8 Å². The predicted molar refractivity (Wildman–Crippen MR) is 88.9 cm³/mol. The fourth-order valence-electron chi connectivity index (χ4n) is 3.79. The fraction of sp³-hybridized carbons (Fsp3) is 0.667. The van der Waals surface area contributed by atoms with E-state index in [4.69, 9.17) is 4.74 Å². The van der Waals surface area contributed by atoms with Crippen molar-refractivity contribution in [3.63, 3.8) is 0 Å². The summed E-state index contributed by atoms with van der Waals surface area (Å²) in [5.41, 5.74) is 2.56. The molecule has 1 saturated carbocycles. The fourth-order valence-corrected chi connectivity index (χ4v) is 5.61. The second-order valence-electron chi connectivity index (χ2n) is 7.17. The van der Waals surface area contributed by atoms with Crippen molar-refractivity contribution < 1.29 is 13.2 Å². The zero-order valence-corrected chi connectivity index (χ0v) is 14.4. The molecule has 0 bridgehead atoms. The molecule has 0 N–H and O–H groups in total. The Morgan fingerprint density at radius 3 is 2.57 bits per heavy atom. The first-order chi connectivity index (χ1) is 11.1. The molecule has 23 heavy (non-hydrogen) atoms. The van der Waals surface area contributed by atoms with Crippen molar-refractivity contribution in [3.8, 4) is 0 Å². The number of hydrogen-bond acceptors (Lipinski definition) is 3. The van der Waals surface area contributed by atoms with Gasteiger partial charge in [-0.15, -0.1) is 0 Å². The Morgan fingerprint density at radius 2 is 1.87 bits per heavy atom. The monoisotopic (exact) mass is 335 g/mol. The second kappa shape index (κ2) is 6.19. The third kappa shape index (κ3) is 3.19. The molecule has 126 valence electrons. The number of fused-ring (bicyclic) bond motifs is 1. The summed E-state index contributed by atoms with van der Waals surface area (Å²) in [5, 5.41) is 0. The Balaban J connectivity index is 1.61. The summed E-state index contributed by atoms with van der Waals surface area (Å²) in [6.45, 7) is 2.08. The zero-order chi connectivity index (χ0) is 15.9. The summed E-state index contributed by atoms with van der Waals surface area (Å²) >= 11 is 0. The van der Waals surface area contributed by atoms with Gasteiger partial charge in [0.1, 0.15) is 0 Å². The molecular weight excluding hydrogens is 310 g/mol. The van der Waals surface area contributed by atoms with E-state index in [1.54, 1.807) is 4.31 Å². The number of hydrogen-bond donors (Lipinski definition) is 0. The number of aryl methyl sites for hydroxylation is 2. The molecule has 2 fully saturated rings. The van der Waals surface area contributed by atoms with Gasteiger partial charge in [0.05, 0.1) is 11.5 Å². The molecule has 1 aromatic carbocycles. The van der Waals surface area contributed by atoms with Gasteiger partial charge in [0.15, 0.2) is 0 Å². The minimum Gasteiger partial charge on any atom is -0.381 e. The highest BCUT2D eigenvalue weighted by molar-refractivity contribution is 7.89. The third-order valence-corrected chi connectivity index (χ3v) is 7.26. The summed E-state index contributed by atoms with van der Waals surface area (Å²) < 4.78 is 33.5. The Hall–Kier alpha value is -0.910. The van der Waals surface area contributed by atoms with Crippen molar-refractivity contribution >= 4 is 10.0 Å². The van der Waals surface area contributed by atoms with Crippen LogP contribution in [0, 0.1) is 5.92 Å². The molecule has 5 heteroatoms. The average molecular weight is 335 g/mol. The number of sulfonamides is 1. The van der Waals surface area contributed by atoms with Crippen molar-refractivity contribution in [2.24, 2.45) is 5.92 Å². The minimum atomic E-state index is -3.38. The van der Waals surface area contributed by atoms with E-state index in [1.807, 2.05) is 18.2 Å². The molecule has 0 amide bonds. The van der Waals surface area contributed by atoms with Gasteiger partial charge in [0.2, 0.25) is 10.0 Å². The van der Waals surface area contributed by atoms with E-state index in [2.05, 4.69) is 0 Å². The maximum atomic E-state index is 13.2. The van der Waals surface area contributed by atoms with E-state index >= 15 is 0 Å². The van der Waals surface area contributed by atoms with Crippen LogP contribution in [0.4, 0.5) is 0 Å². The van der Waals surface area contributed by atoms with E-state index in [0.29, 0.717) is 24.0 Å². The van der Waals surface area contributed by atoms with Crippen LogP contribution in [0.2, 0.25) is 0 Å². The maximum Gasteiger partial charge on any atom is 0.243 e. The van der Waals surface area contributed by atoms with Gasteiger partial charge in [-0.25, -0.2) is 8.42 Å². The van der Waals surface area contributed by atoms with Crippen molar-refractivity contribution in [3.05, 3.63) is 29.3 Å². The summed E-state index contributed by atoms with van der Waals surface area (Å²) in [5.74, 6) is 0.350. The predicted octanol–water partition coefficient (Wildman–Crippen LogP) is 2.76. The standard InChI is InChI=1S/C18H25NO3S/c20-23(21,18-8-5-15-3-1-2-4-16(15)11-18)19(17-6-7-17)12-14-9-10-22-13-14/h5,8,11,14,17H,1-4,6-7,9-10,12-13H2/t14-/m1/s1. The largest absolute Gasteiger partial charge is 0.381 e. The van der Waals surface area contributed by atoms with Crippen LogP contribution in [0.25, 0.3) is 0 Å². The van der Waals surface area contributed by atoms with Crippen LogP contribution in [-0.4, -0.2) is 38.5 Å². The first-order valence-corrected chi connectivity index (χ1v) is 10.3. The second-order valence-corrected chi connectivity index (χ2v) is 9.06. The van der Waals surface area contributed by atoms with Crippen LogP contribution in [0.1, 0.15) is 43.2 Å². The highest BCUT2D eigenvalue weighted by Gasteiger charge is 2.40. The molecule has 2 aliphatic carbocycles. The van der Waals surface area contributed by atoms with Gasteiger partial charge < -0.3 is 4.74 Å². The molecule has 3 aliphatic rings. The van der Waals surface area contributed by atoms with E-state index in [0.717, 1.165) is 38.7 Å². The molecule has 0 spiro atoms. The average Bonchev–Trinajstić information content (AvgIpc) is 3.27. The van der Waals surface area contributed by atoms with Crippen molar-refractivity contribution in [1.29, 1.82) is 0 Å².